The summed E-state index contributed by atoms with van der Waals surface area (Å²) in [6.45, 7) is 3.46. The summed E-state index contributed by atoms with van der Waals surface area (Å²) < 4.78 is 38.3. The van der Waals surface area contributed by atoms with Crippen molar-refractivity contribution in [3.63, 3.8) is 0 Å². The Morgan fingerprint density at radius 3 is 2.46 bits per heavy atom. The fourth-order valence-electron chi connectivity index (χ4n) is 2.42. The minimum absolute atomic E-state index is 0.0165. The molecule has 2 heterocycles. The lowest BCUT2D eigenvalue weighted by molar-refractivity contribution is -0.137. The third-order valence-corrected chi connectivity index (χ3v) is 4.27. The van der Waals surface area contributed by atoms with E-state index in [9.17, 15) is 13.2 Å². The molecule has 0 bridgehead atoms. The van der Waals surface area contributed by atoms with Gasteiger partial charge in [0.15, 0.2) is 5.82 Å². The van der Waals surface area contributed by atoms with Crippen LogP contribution in [0.4, 0.5) is 13.2 Å². The molecule has 0 fully saturated rings. The molecule has 0 spiro atoms. The minimum Gasteiger partial charge on any atom is -0.221 e. The first kappa shape index (κ1) is 18.6. The average Bonchev–Trinajstić information content (AvgIpc) is 3.02. The maximum atomic E-state index is 12.8. The number of rotatable bonds is 3. The molecule has 0 aliphatic carbocycles. The van der Waals surface area contributed by atoms with Crippen LogP contribution in [0.25, 0.3) is 5.82 Å². The van der Waals surface area contributed by atoms with Crippen LogP contribution >= 0.6 is 23.2 Å². The van der Waals surface area contributed by atoms with Gasteiger partial charge in [-0.3, -0.25) is 0 Å². The van der Waals surface area contributed by atoms with Crippen LogP contribution in [-0.4, -0.2) is 25.0 Å². The lowest BCUT2D eigenvalue weighted by atomic mass is 9.97. The van der Waals surface area contributed by atoms with Crippen molar-refractivity contribution in [1.82, 2.24) is 25.0 Å². The van der Waals surface area contributed by atoms with Crippen LogP contribution in [0.2, 0.25) is 10.2 Å². The zero-order valence-electron chi connectivity index (χ0n) is 13.6. The molecule has 0 radical (unpaired) electrons. The number of benzene rings is 1. The van der Waals surface area contributed by atoms with Gasteiger partial charge in [-0.1, -0.05) is 36.2 Å². The second-order valence-electron chi connectivity index (χ2n) is 5.61. The smallest absolute Gasteiger partial charge is 0.221 e. The van der Waals surface area contributed by atoms with E-state index in [-0.39, 0.29) is 16.1 Å². The lowest BCUT2D eigenvalue weighted by Gasteiger charge is -2.13. The molecular weight excluding hydrogens is 390 g/mol. The van der Waals surface area contributed by atoms with E-state index in [4.69, 9.17) is 23.2 Å². The molecule has 0 amide bonds. The first-order valence-electron chi connectivity index (χ1n) is 7.45. The van der Waals surface area contributed by atoms with Gasteiger partial charge in [-0.2, -0.15) is 23.4 Å². The number of hydrogen-bond acceptors (Lipinski definition) is 4. The van der Waals surface area contributed by atoms with Gasteiger partial charge >= 0.3 is 6.18 Å². The van der Waals surface area contributed by atoms with E-state index in [1.54, 1.807) is 13.8 Å². The Morgan fingerprint density at radius 1 is 1.12 bits per heavy atom. The highest BCUT2D eigenvalue weighted by Gasteiger charge is 2.31. The quantitative estimate of drug-likeness (QED) is 0.589. The second kappa shape index (κ2) is 6.85. The van der Waals surface area contributed by atoms with Crippen LogP contribution in [0.15, 0.2) is 30.5 Å². The fraction of sp³-hybridized carbons (Fsp3) is 0.250. The Bertz CT molecular complexity index is 935. The van der Waals surface area contributed by atoms with Crippen LogP contribution in [0, 0.1) is 6.92 Å². The zero-order chi connectivity index (χ0) is 19.1. The van der Waals surface area contributed by atoms with E-state index in [1.165, 1.54) is 23.1 Å². The van der Waals surface area contributed by atoms with Crippen molar-refractivity contribution in [2.45, 2.75) is 25.9 Å². The van der Waals surface area contributed by atoms with Gasteiger partial charge in [-0.25, -0.2) is 9.97 Å². The Labute approximate surface area is 156 Å². The lowest BCUT2D eigenvalue weighted by Crippen LogP contribution is -2.07. The summed E-state index contributed by atoms with van der Waals surface area (Å²) in [5.74, 6) is 0.488. The number of halogens is 5. The number of hydrogen-bond donors (Lipinski definition) is 0. The maximum absolute atomic E-state index is 12.8. The maximum Gasteiger partial charge on any atom is 0.416 e. The van der Waals surface area contributed by atoms with E-state index in [0.717, 1.165) is 12.1 Å². The Kier molecular flexibility index (Phi) is 4.90. The third kappa shape index (κ3) is 3.81. The molecule has 26 heavy (non-hydrogen) atoms. The molecule has 3 aromatic rings. The molecular formula is C16H12Cl2F3N5. The van der Waals surface area contributed by atoms with Crippen molar-refractivity contribution in [2.75, 3.05) is 0 Å². The van der Waals surface area contributed by atoms with Gasteiger partial charge in [0.05, 0.1) is 17.5 Å². The molecule has 0 saturated heterocycles. The largest absolute Gasteiger partial charge is 0.416 e. The summed E-state index contributed by atoms with van der Waals surface area (Å²) in [4.78, 5) is 9.44. The third-order valence-electron chi connectivity index (χ3n) is 3.75. The fourth-order valence-corrected chi connectivity index (χ4v) is 2.98. The van der Waals surface area contributed by atoms with Crippen molar-refractivity contribution < 1.29 is 13.2 Å². The topological polar surface area (TPSA) is 56.5 Å². The van der Waals surface area contributed by atoms with Crippen LogP contribution in [0.3, 0.4) is 0 Å². The summed E-state index contributed by atoms with van der Waals surface area (Å²) >= 11 is 12.0. The van der Waals surface area contributed by atoms with Gasteiger partial charge < -0.3 is 0 Å². The predicted molar refractivity (Wildman–Crippen MR) is 90.7 cm³/mol. The van der Waals surface area contributed by atoms with E-state index in [2.05, 4.69) is 20.2 Å². The summed E-state index contributed by atoms with van der Waals surface area (Å²) in [6, 6.07) is 4.76. The van der Waals surface area contributed by atoms with Gasteiger partial charge in [0.2, 0.25) is 0 Å². The highest BCUT2D eigenvalue weighted by Crippen LogP contribution is 2.35. The Balaban J connectivity index is 1.92. The van der Waals surface area contributed by atoms with Crippen molar-refractivity contribution in [3.8, 4) is 5.82 Å². The van der Waals surface area contributed by atoms with Gasteiger partial charge in [0.1, 0.15) is 11.0 Å². The van der Waals surface area contributed by atoms with Gasteiger partial charge in [-0.05, 0) is 24.6 Å². The Hall–Kier alpha value is -2.19. The van der Waals surface area contributed by atoms with E-state index in [1.807, 2.05) is 0 Å². The van der Waals surface area contributed by atoms with Crippen molar-refractivity contribution in [2.24, 2.45) is 0 Å². The van der Waals surface area contributed by atoms with Crippen molar-refractivity contribution in [3.05, 3.63) is 63.3 Å². The van der Waals surface area contributed by atoms with E-state index < -0.39 is 11.7 Å². The molecule has 1 atom stereocenters. The van der Waals surface area contributed by atoms with Crippen LogP contribution in [0.5, 0.6) is 0 Å². The summed E-state index contributed by atoms with van der Waals surface area (Å²) in [6.07, 6.45) is -2.94. The summed E-state index contributed by atoms with van der Waals surface area (Å²) in [7, 11) is 0. The highest BCUT2D eigenvalue weighted by atomic mass is 35.5. The molecule has 0 saturated carbocycles. The first-order chi connectivity index (χ1) is 12.1. The Morgan fingerprint density at radius 2 is 1.85 bits per heavy atom. The summed E-state index contributed by atoms with van der Waals surface area (Å²) in [5, 5.41) is 8.73. The molecule has 1 unspecified atom stereocenters. The standard InChI is InChI=1S/C16H12Cl2F3N5/c1-8(11-4-3-10(5-12(11)17)16(19,20)21)13-7-22-26(25-13)15-6-14(18)23-9(2)24-15/h3-8H,1-2H3. The van der Waals surface area contributed by atoms with Crippen LogP contribution < -0.4 is 0 Å². The summed E-state index contributed by atoms with van der Waals surface area (Å²) in [5.41, 5.74) is 0.246. The number of nitrogens with zero attached hydrogens (tertiary/aromatic N) is 5. The molecule has 0 aliphatic rings. The predicted octanol–water partition coefficient (Wildman–Crippen LogP) is 4.84. The molecule has 0 aliphatic heterocycles. The van der Waals surface area contributed by atoms with Gasteiger partial charge in [-0.15, -0.1) is 4.80 Å². The van der Waals surface area contributed by atoms with Crippen LogP contribution in [-0.2, 0) is 6.18 Å². The molecule has 0 N–H and O–H groups in total. The second-order valence-corrected chi connectivity index (χ2v) is 6.41. The molecule has 136 valence electrons. The number of aromatic nitrogens is 5. The first-order valence-corrected chi connectivity index (χ1v) is 8.21. The van der Waals surface area contributed by atoms with Gasteiger partial charge in [0, 0.05) is 17.0 Å². The monoisotopic (exact) mass is 401 g/mol. The highest BCUT2D eigenvalue weighted by molar-refractivity contribution is 6.31. The molecule has 2 aromatic heterocycles. The minimum atomic E-state index is -4.45. The molecule has 1 aromatic carbocycles. The normalized spacial score (nSPS) is 13.0. The number of aryl methyl sites for hydroxylation is 1. The SMILES string of the molecule is Cc1nc(Cl)cc(-n2ncc(C(C)c3ccc(C(F)(F)F)cc3Cl)n2)n1. The average molecular weight is 402 g/mol. The van der Waals surface area contributed by atoms with Crippen molar-refractivity contribution in [1.29, 1.82) is 0 Å². The van der Waals surface area contributed by atoms with Crippen molar-refractivity contribution >= 4 is 23.2 Å². The molecule has 3 rings (SSSR count). The number of alkyl halides is 3. The zero-order valence-corrected chi connectivity index (χ0v) is 15.1. The van der Waals surface area contributed by atoms with E-state index >= 15 is 0 Å². The van der Waals surface area contributed by atoms with E-state index in [0.29, 0.717) is 22.9 Å². The molecule has 5 nitrogen and oxygen atoms in total. The van der Waals surface area contributed by atoms with Crippen LogP contribution in [0.1, 0.15) is 35.5 Å². The molecule has 10 heteroatoms. The van der Waals surface area contributed by atoms with Gasteiger partial charge in [0.25, 0.3) is 0 Å².